The molecule has 6 nitrogen and oxygen atoms in total. The van der Waals surface area contributed by atoms with Crippen molar-refractivity contribution >= 4 is 24.2 Å². The zero-order chi connectivity index (χ0) is 19.1. The lowest BCUT2D eigenvalue weighted by atomic mass is 9.94. The molecular weight excluding hydrogens is 366 g/mol. The lowest BCUT2D eigenvalue weighted by Gasteiger charge is -2.33. The smallest absolute Gasteiger partial charge is 0.239 e. The van der Waals surface area contributed by atoms with Crippen molar-refractivity contribution in [2.45, 2.75) is 45.7 Å². The first kappa shape index (κ1) is 23.2. The van der Waals surface area contributed by atoms with Gasteiger partial charge in [-0.15, -0.1) is 12.4 Å². The van der Waals surface area contributed by atoms with Crippen LogP contribution in [0.4, 0.5) is 0 Å². The highest BCUT2D eigenvalue weighted by Gasteiger charge is 2.29. The molecule has 27 heavy (non-hydrogen) atoms. The van der Waals surface area contributed by atoms with Crippen molar-refractivity contribution in [1.82, 2.24) is 10.2 Å². The predicted molar refractivity (Wildman–Crippen MR) is 109 cm³/mol. The van der Waals surface area contributed by atoms with E-state index in [0.717, 1.165) is 11.3 Å². The van der Waals surface area contributed by atoms with Gasteiger partial charge < -0.3 is 20.7 Å². The van der Waals surface area contributed by atoms with E-state index in [1.165, 1.54) is 0 Å². The van der Waals surface area contributed by atoms with E-state index < -0.39 is 6.04 Å². The summed E-state index contributed by atoms with van der Waals surface area (Å²) in [5.41, 5.74) is 7.03. The molecule has 1 aliphatic heterocycles. The number of ether oxygens (including phenoxy) is 1. The molecule has 0 unspecified atom stereocenters. The largest absolute Gasteiger partial charge is 0.497 e. The van der Waals surface area contributed by atoms with Gasteiger partial charge in [-0.05, 0) is 42.9 Å². The molecule has 2 amide bonds. The van der Waals surface area contributed by atoms with Crippen LogP contribution in [-0.2, 0) is 16.1 Å². The molecule has 1 fully saturated rings. The Morgan fingerprint density at radius 1 is 1.22 bits per heavy atom. The van der Waals surface area contributed by atoms with Crippen molar-refractivity contribution in [2.24, 2.45) is 17.6 Å². The van der Waals surface area contributed by atoms with Gasteiger partial charge in [0.1, 0.15) is 5.75 Å². The number of nitrogens with two attached hydrogens (primary N) is 1. The van der Waals surface area contributed by atoms with Crippen LogP contribution >= 0.6 is 12.4 Å². The van der Waals surface area contributed by atoms with Crippen molar-refractivity contribution < 1.29 is 14.3 Å². The molecule has 0 radical (unpaired) electrons. The highest BCUT2D eigenvalue weighted by molar-refractivity contribution is 5.85. The molecule has 1 aliphatic rings. The minimum atomic E-state index is -0.435. The molecular formula is C20H32ClN3O3. The number of hydrogen-bond acceptors (Lipinski definition) is 4. The van der Waals surface area contributed by atoms with E-state index in [1.54, 1.807) is 12.0 Å². The Hall–Kier alpha value is -1.79. The van der Waals surface area contributed by atoms with Gasteiger partial charge >= 0.3 is 0 Å². The first-order chi connectivity index (χ1) is 12.4. The Kier molecular flexibility index (Phi) is 9.60. The van der Waals surface area contributed by atoms with E-state index in [1.807, 2.05) is 24.3 Å². The number of halogens is 1. The van der Waals surface area contributed by atoms with Gasteiger partial charge in [0.05, 0.1) is 13.2 Å². The molecule has 152 valence electrons. The molecule has 7 heteroatoms. The highest BCUT2D eigenvalue weighted by Crippen LogP contribution is 2.19. The number of methoxy groups -OCH3 is 1. The van der Waals surface area contributed by atoms with Crippen LogP contribution in [-0.4, -0.2) is 43.0 Å². The van der Waals surface area contributed by atoms with Crippen LogP contribution in [0.25, 0.3) is 0 Å². The number of likely N-dealkylation sites (tertiary alicyclic amines) is 1. The minimum absolute atomic E-state index is 0. The summed E-state index contributed by atoms with van der Waals surface area (Å²) < 4.78 is 5.13. The monoisotopic (exact) mass is 397 g/mol. The van der Waals surface area contributed by atoms with Crippen LogP contribution in [0, 0.1) is 11.8 Å². The first-order valence-electron chi connectivity index (χ1n) is 9.35. The summed E-state index contributed by atoms with van der Waals surface area (Å²) >= 11 is 0. The van der Waals surface area contributed by atoms with E-state index >= 15 is 0 Å². The molecule has 0 aliphatic carbocycles. The lowest BCUT2D eigenvalue weighted by Crippen LogP contribution is -2.49. The van der Waals surface area contributed by atoms with Gasteiger partial charge in [-0.3, -0.25) is 9.59 Å². The molecule has 3 N–H and O–H groups in total. The Bertz CT molecular complexity index is 599. The van der Waals surface area contributed by atoms with Crippen molar-refractivity contribution in [3.05, 3.63) is 29.8 Å². The standard InChI is InChI=1S/C20H31N3O3.ClH/c1-14(2)12-18(21)20(25)23-10-8-16(9-11-23)19(24)22-13-15-4-6-17(26-3)7-5-15;/h4-7,14,16,18H,8-13,21H2,1-3H3,(H,22,24);1H/t18-;/m0./s1. The number of nitrogens with one attached hydrogen (secondary N) is 1. The van der Waals surface area contributed by atoms with Crippen molar-refractivity contribution in [3.8, 4) is 5.75 Å². The molecule has 1 aromatic carbocycles. The maximum atomic E-state index is 12.4. The Balaban J connectivity index is 0.00000364. The number of rotatable bonds is 7. The van der Waals surface area contributed by atoms with E-state index in [-0.39, 0.29) is 30.1 Å². The molecule has 0 saturated carbocycles. The molecule has 1 aromatic rings. The summed E-state index contributed by atoms with van der Waals surface area (Å²) in [6, 6.07) is 7.21. The summed E-state index contributed by atoms with van der Waals surface area (Å²) in [5, 5.41) is 2.99. The number of carbonyl (C=O) groups excluding carboxylic acids is 2. The summed E-state index contributed by atoms with van der Waals surface area (Å²) in [7, 11) is 1.63. The third-order valence-corrected chi connectivity index (χ3v) is 4.85. The Morgan fingerprint density at radius 2 is 1.81 bits per heavy atom. The highest BCUT2D eigenvalue weighted by atomic mass is 35.5. The molecule has 1 atom stereocenters. The van der Waals surface area contributed by atoms with Gasteiger partial charge in [0.15, 0.2) is 0 Å². The fourth-order valence-corrected chi connectivity index (χ4v) is 3.28. The predicted octanol–water partition coefficient (Wildman–Crippen LogP) is 2.35. The van der Waals surface area contributed by atoms with Crippen molar-refractivity contribution in [2.75, 3.05) is 20.2 Å². The van der Waals surface area contributed by atoms with Crippen LogP contribution < -0.4 is 15.8 Å². The van der Waals surface area contributed by atoms with Gasteiger partial charge in [-0.1, -0.05) is 26.0 Å². The van der Waals surface area contributed by atoms with Gasteiger partial charge in [-0.2, -0.15) is 0 Å². The van der Waals surface area contributed by atoms with E-state index in [2.05, 4.69) is 19.2 Å². The van der Waals surface area contributed by atoms with E-state index in [0.29, 0.717) is 44.8 Å². The van der Waals surface area contributed by atoms with Crippen molar-refractivity contribution in [3.63, 3.8) is 0 Å². The fourth-order valence-electron chi connectivity index (χ4n) is 3.28. The zero-order valence-electron chi connectivity index (χ0n) is 16.4. The molecule has 2 rings (SSSR count). The lowest BCUT2D eigenvalue weighted by molar-refractivity contribution is -0.137. The number of benzene rings is 1. The first-order valence-corrected chi connectivity index (χ1v) is 9.35. The number of nitrogens with zero attached hydrogens (tertiary/aromatic N) is 1. The Labute approximate surface area is 168 Å². The maximum absolute atomic E-state index is 12.4. The topological polar surface area (TPSA) is 84.7 Å². The third kappa shape index (κ3) is 7.03. The second kappa shape index (κ2) is 11.1. The summed E-state index contributed by atoms with van der Waals surface area (Å²) in [4.78, 5) is 26.6. The van der Waals surface area contributed by atoms with Crippen LogP contribution in [0.5, 0.6) is 5.75 Å². The van der Waals surface area contributed by atoms with Gasteiger partial charge in [0, 0.05) is 25.6 Å². The quantitative estimate of drug-likeness (QED) is 0.739. The van der Waals surface area contributed by atoms with Crippen LogP contribution in [0.2, 0.25) is 0 Å². The minimum Gasteiger partial charge on any atom is -0.497 e. The molecule has 0 aromatic heterocycles. The van der Waals surface area contributed by atoms with Crippen molar-refractivity contribution in [1.29, 1.82) is 0 Å². The van der Waals surface area contributed by atoms with E-state index in [9.17, 15) is 9.59 Å². The average molecular weight is 398 g/mol. The SMILES string of the molecule is COc1ccc(CNC(=O)C2CCN(C(=O)[C@@H](N)CC(C)C)CC2)cc1.Cl. The maximum Gasteiger partial charge on any atom is 0.239 e. The third-order valence-electron chi connectivity index (χ3n) is 4.85. The summed E-state index contributed by atoms with van der Waals surface area (Å²) in [6.45, 7) is 5.83. The molecule has 1 saturated heterocycles. The molecule has 0 spiro atoms. The number of hydrogen-bond donors (Lipinski definition) is 2. The summed E-state index contributed by atoms with van der Waals surface area (Å²) in [6.07, 6.45) is 2.07. The Morgan fingerprint density at radius 3 is 2.33 bits per heavy atom. The van der Waals surface area contributed by atoms with Gasteiger partial charge in [0.25, 0.3) is 0 Å². The molecule has 1 heterocycles. The number of carbonyl (C=O) groups is 2. The zero-order valence-corrected chi connectivity index (χ0v) is 17.3. The van der Waals surface area contributed by atoms with Crippen LogP contribution in [0.3, 0.4) is 0 Å². The number of piperidine rings is 1. The van der Waals surface area contributed by atoms with Gasteiger partial charge in [0.2, 0.25) is 11.8 Å². The summed E-state index contributed by atoms with van der Waals surface area (Å²) in [5.74, 6) is 1.22. The van der Waals surface area contributed by atoms with Gasteiger partial charge in [-0.25, -0.2) is 0 Å². The normalized spacial score (nSPS) is 15.8. The van der Waals surface area contributed by atoms with Crippen LogP contribution in [0.1, 0.15) is 38.7 Å². The second-order valence-electron chi connectivity index (χ2n) is 7.40. The number of amides is 2. The van der Waals surface area contributed by atoms with Crippen LogP contribution in [0.15, 0.2) is 24.3 Å². The average Bonchev–Trinajstić information content (AvgIpc) is 2.65. The fraction of sp³-hybridized carbons (Fsp3) is 0.600. The van der Waals surface area contributed by atoms with E-state index in [4.69, 9.17) is 10.5 Å². The molecule has 0 bridgehead atoms. The second-order valence-corrected chi connectivity index (χ2v) is 7.40.